The number of fused-ring (bicyclic) bond motifs is 1. The Morgan fingerprint density at radius 3 is 2.12 bits per heavy atom. The average Bonchev–Trinajstić information content (AvgIpc) is 2.65. The van der Waals surface area contributed by atoms with E-state index in [0.29, 0.717) is 28.4 Å². The second-order valence-electron chi connectivity index (χ2n) is 5.25. The van der Waals surface area contributed by atoms with Gasteiger partial charge in [-0.15, -0.1) is 0 Å². The van der Waals surface area contributed by atoms with Crippen molar-refractivity contribution in [3.05, 3.63) is 46.6 Å². The Morgan fingerprint density at radius 1 is 0.760 bits per heavy atom. The van der Waals surface area contributed by atoms with E-state index in [2.05, 4.69) is 0 Å². The molecular formula is C19H18O5Se. The molecule has 0 unspecified atom stereocenters. The van der Waals surface area contributed by atoms with Gasteiger partial charge in [0.15, 0.2) is 0 Å². The molecule has 5 nitrogen and oxygen atoms in total. The van der Waals surface area contributed by atoms with E-state index in [0.717, 1.165) is 14.3 Å². The summed E-state index contributed by atoms with van der Waals surface area (Å²) in [6.45, 7) is 0. The van der Waals surface area contributed by atoms with Crippen LogP contribution in [0.5, 0.6) is 23.0 Å². The van der Waals surface area contributed by atoms with Gasteiger partial charge in [-0.1, -0.05) is 0 Å². The molecule has 3 aromatic rings. The van der Waals surface area contributed by atoms with E-state index >= 15 is 0 Å². The Bertz CT molecular complexity index is 977. The van der Waals surface area contributed by atoms with E-state index in [1.165, 1.54) is 0 Å². The summed E-state index contributed by atoms with van der Waals surface area (Å²) in [5.41, 5.74) is 0.880. The summed E-state index contributed by atoms with van der Waals surface area (Å²) in [6, 6.07) is 11.0. The second kappa shape index (κ2) is 7.21. The van der Waals surface area contributed by atoms with Crippen LogP contribution in [0, 0.1) is 0 Å². The fourth-order valence-electron chi connectivity index (χ4n) is 2.64. The zero-order valence-corrected chi connectivity index (χ0v) is 16.1. The first-order valence-corrected chi connectivity index (χ1v) is 9.25. The topological polar surface area (TPSA) is 54.0 Å². The fraction of sp³-hybridized carbons (Fsp3) is 0.211. The molecule has 0 saturated carbocycles. The molecule has 6 heteroatoms. The van der Waals surface area contributed by atoms with Gasteiger partial charge in [0.05, 0.1) is 0 Å². The van der Waals surface area contributed by atoms with Crippen molar-refractivity contribution in [2.24, 2.45) is 0 Å². The molecule has 3 rings (SSSR count). The van der Waals surface area contributed by atoms with Crippen molar-refractivity contribution < 1.29 is 18.9 Å². The molecule has 0 atom stereocenters. The van der Waals surface area contributed by atoms with Crippen LogP contribution in [0.2, 0.25) is 0 Å². The fourth-order valence-corrected chi connectivity index (χ4v) is 5.00. The summed E-state index contributed by atoms with van der Waals surface area (Å²) >= 11 is -0.0648. The van der Waals surface area contributed by atoms with Crippen molar-refractivity contribution in [3.63, 3.8) is 0 Å². The zero-order valence-electron chi connectivity index (χ0n) is 14.4. The van der Waals surface area contributed by atoms with Crippen molar-refractivity contribution >= 4 is 24.1 Å². The van der Waals surface area contributed by atoms with Gasteiger partial charge < -0.3 is 0 Å². The van der Waals surface area contributed by atoms with Crippen LogP contribution in [0.15, 0.2) is 41.2 Å². The van der Waals surface area contributed by atoms with Crippen LogP contribution in [0.3, 0.4) is 0 Å². The van der Waals surface area contributed by atoms with Gasteiger partial charge in [-0.05, 0) is 0 Å². The maximum atomic E-state index is 12.7. The van der Waals surface area contributed by atoms with Gasteiger partial charge >= 0.3 is 151 Å². The van der Waals surface area contributed by atoms with Crippen molar-refractivity contribution in [2.75, 3.05) is 28.4 Å². The van der Waals surface area contributed by atoms with Gasteiger partial charge in [0, 0.05) is 0 Å². The summed E-state index contributed by atoms with van der Waals surface area (Å²) in [5.74, 6) is 2.52. The van der Waals surface area contributed by atoms with Crippen LogP contribution in [-0.4, -0.2) is 42.9 Å². The van der Waals surface area contributed by atoms with Crippen LogP contribution in [0.1, 0.15) is 0 Å². The maximum absolute atomic E-state index is 12.7. The molecule has 130 valence electrons. The molecule has 0 bridgehead atoms. The first kappa shape index (κ1) is 17.4. The number of rotatable bonds is 5. The minimum absolute atomic E-state index is 0.0626. The van der Waals surface area contributed by atoms with E-state index < -0.39 is 0 Å². The molecule has 0 spiro atoms. The molecule has 0 N–H and O–H groups in total. The monoisotopic (exact) mass is 406 g/mol. The van der Waals surface area contributed by atoms with Crippen LogP contribution in [0.25, 0.3) is 19.6 Å². The molecule has 0 aliphatic heterocycles. The summed E-state index contributed by atoms with van der Waals surface area (Å²) in [4.78, 5) is 12.7. The molecule has 1 heterocycles. The molecule has 25 heavy (non-hydrogen) atoms. The third-order valence-corrected chi connectivity index (χ3v) is 6.23. The number of hydrogen-bond acceptors (Lipinski definition) is 5. The number of methoxy groups -OCH3 is 4. The number of ether oxygens (including phenoxy) is 4. The summed E-state index contributed by atoms with van der Waals surface area (Å²) in [7, 11) is 6.35. The van der Waals surface area contributed by atoms with Gasteiger partial charge in [-0.3, -0.25) is 0 Å². The number of benzene rings is 2. The predicted molar refractivity (Wildman–Crippen MR) is 98.8 cm³/mol. The van der Waals surface area contributed by atoms with E-state index in [-0.39, 0.29) is 19.9 Å². The normalized spacial score (nSPS) is 10.6. The van der Waals surface area contributed by atoms with Crippen molar-refractivity contribution in [1.29, 1.82) is 0 Å². The van der Waals surface area contributed by atoms with Crippen molar-refractivity contribution in [2.45, 2.75) is 0 Å². The zero-order chi connectivity index (χ0) is 18.0. The van der Waals surface area contributed by atoms with Gasteiger partial charge in [0.2, 0.25) is 0 Å². The van der Waals surface area contributed by atoms with E-state index in [1.54, 1.807) is 40.6 Å². The van der Waals surface area contributed by atoms with Gasteiger partial charge in [0.1, 0.15) is 0 Å². The number of hydrogen-bond donors (Lipinski definition) is 0. The molecular weight excluding hydrogens is 387 g/mol. The Morgan fingerprint density at radius 2 is 1.48 bits per heavy atom. The average molecular weight is 405 g/mol. The van der Waals surface area contributed by atoms with Gasteiger partial charge in [-0.25, -0.2) is 0 Å². The summed E-state index contributed by atoms with van der Waals surface area (Å²) in [6.07, 6.45) is 0. The third-order valence-electron chi connectivity index (χ3n) is 3.89. The predicted octanol–water partition coefficient (Wildman–Crippen LogP) is 2.96. The molecule has 1 aromatic heterocycles. The summed E-state index contributed by atoms with van der Waals surface area (Å²) < 4.78 is 23.3. The van der Waals surface area contributed by atoms with Crippen molar-refractivity contribution in [1.82, 2.24) is 0 Å². The Balaban J connectivity index is 2.23. The van der Waals surface area contributed by atoms with Crippen LogP contribution >= 0.6 is 0 Å². The Kier molecular flexibility index (Phi) is 5.02. The Hall–Kier alpha value is -2.43. The van der Waals surface area contributed by atoms with Crippen LogP contribution < -0.4 is 24.4 Å². The van der Waals surface area contributed by atoms with Crippen LogP contribution in [0.4, 0.5) is 0 Å². The molecule has 0 aliphatic rings. The quantitative estimate of drug-likeness (QED) is 0.611. The first-order valence-electron chi connectivity index (χ1n) is 7.53. The SMILES string of the molecule is COc1cc(OC)c2c(=O)cc(-c3ccc(OC)c(OC)c3)[se]c2c1. The van der Waals surface area contributed by atoms with E-state index in [1.807, 2.05) is 24.3 Å². The van der Waals surface area contributed by atoms with E-state index in [9.17, 15) is 4.79 Å². The molecule has 0 amide bonds. The molecule has 2 aromatic carbocycles. The standard InChI is InChI=1S/C19H18O5Se/c1-21-12-8-16(24-4)19-13(20)10-17(25-18(19)9-12)11-5-6-14(22-2)15(7-11)23-3/h5-10H,1-4H3. The molecule has 0 radical (unpaired) electrons. The van der Waals surface area contributed by atoms with Gasteiger partial charge in [0.25, 0.3) is 0 Å². The van der Waals surface area contributed by atoms with Crippen LogP contribution in [-0.2, 0) is 0 Å². The molecule has 0 fully saturated rings. The van der Waals surface area contributed by atoms with Crippen molar-refractivity contribution in [3.8, 4) is 33.0 Å². The molecule has 0 saturated heterocycles. The van der Waals surface area contributed by atoms with Gasteiger partial charge in [-0.2, -0.15) is 0 Å². The Labute approximate surface area is 151 Å². The second-order valence-corrected chi connectivity index (χ2v) is 7.52. The van der Waals surface area contributed by atoms with E-state index in [4.69, 9.17) is 18.9 Å². The third kappa shape index (κ3) is 3.23. The summed E-state index contributed by atoms with van der Waals surface area (Å²) in [5, 5.41) is 0.618. The minimum atomic E-state index is -0.0648. The first-order chi connectivity index (χ1) is 12.1. The molecule has 0 aliphatic carbocycles.